The van der Waals surface area contributed by atoms with E-state index in [1.165, 1.54) is 12.5 Å². The molecule has 1 fully saturated rings. The van der Waals surface area contributed by atoms with E-state index in [1.807, 2.05) is 18.2 Å². The molecule has 2 aromatic rings. The third-order valence-corrected chi connectivity index (χ3v) is 3.78. The summed E-state index contributed by atoms with van der Waals surface area (Å²) in [6.45, 7) is 1.45. The van der Waals surface area contributed by atoms with Gasteiger partial charge in [-0.3, -0.25) is 4.79 Å². The first-order chi connectivity index (χ1) is 11.1. The predicted octanol–water partition coefficient (Wildman–Crippen LogP) is 3.32. The van der Waals surface area contributed by atoms with Gasteiger partial charge in [0, 0.05) is 30.3 Å². The maximum absolute atomic E-state index is 12.1. The molecule has 0 aromatic heterocycles. The quantitative estimate of drug-likeness (QED) is 0.811. The van der Waals surface area contributed by atoms with E-state index in [4.69, 9.17) is 0 Å². The van der Waals surface area contributed by atoms with Crippen molar-refractivity contribution in [3.05, 3.63) is 60.2 Å². The smallest absolute Gasteiger partial charge is 0.319 e. The zero-order valence-corrected chi connectivity index (χ0v) is 12.9. The van der Waals surface area contributed by atoms with Gasteiger partial charge in [0.1, 0.15) is 0 Å². The van der Waals surface area contributed by atoms with Crippen LogP contribution in [0, 0.1) is 0 Å². The lowest BCUT2D eigenvalue weighted by atomic mass is 10.1. The monoisotopic (exact) mass is 309 g/mol. The van der Waals surface area contributed by atoms with Gasteiger partial charge in [0.2, 0.25) is 5.91 Å². The average Bonchev–Trinajstić information content (AvgIpc) is 3.27. The first-order valence-corrected chi connectivity index (χ1v) is 7.62. The van der Waals surface area contributed by atoms with Crippen molar-refractivity contribution in [2.24, 2.45) is 0 Å². The number of carbonyl (C=O) groups excluding carboxylic acids is 2. The second-order valence-corrected chi connectivity index (χ2v) is 5.72. The normalized spacial score (nSPS) is 18.8. The first kappa shape index (κ1) is 15.1. The topological polar surface area (TPSA) is 70.2 Å². The van der Waals surface area contributed by atoms with Crippen molar-refractivity contribution in [3.8, 4) is 0 Å². The molecule has 5 nitrogen and oxygen atoms in total. The molecule has 2 unspecified atom stereocenters. The van der Waals surface area contributed by atoms with Crippen molar-refractivity contribution in [1.29, 1.82) is 0 Å². The van der Waals surface area contributed by atoms with Crippen LogP contribution in [0.25, 0.3) is 0 Å². The molecule has 3 rings (SSSR count). The fourth-order valence-corrected chi connectivity index (χ4v) is 2.64. The van der Waals surface area contributed by atoms with Crippen LogP contribution in [0.1, 0.15) is 24.8 Å². The Morgan fingerprint density at radius 2 is 1.65 bits per heavy atom. The zero-order valence-electron chi connectivity index (χ0n) is 12.9. The summed E-state index contributed by atoms with van der Waals surface area (Å²) < 4.78 is 0. The molecule has 0 aliphatic heterocycles. The molecule has 3 amide bonds. The summed E-state index contributed by atoms with van der Waals surface area (Å²) in [6, 6.07) is 17.2. The molecular weight excluding hydrogens is 290 g/mol. The Morgan fingerprint density at radius 1 is 0.957 bits per heavy atom. The summed E-state index contributed by atoms with van der Waals surface area (Å²) in [6.07, 6.45) is 0.962. The summed E-state index contributed by atoms with van der Waals surface area (Å²) in [4.78, 5) is 23.1. The Bertz CT molecular complexity index is 715. The van der Waals surface area contributed by atoms with E-state index in [2.05, 4.69) is 28.1 Å². The van der Waals surface area contributed by atoms with E-state index in [-0.39, 0.29) is 18.0 Å². The van der Waals surface area contributed by atoms with E-state index in [0.717, 1.165) is 6.42 Å². The summed E-state index contributed by atoms with van der Waals surface area (Å²) in [7, 11) is 0. The Labute approximate surface area is 135 Å². The van der Waals surface area contributed by atoms with Crippen molar-refractivity contribution in [3.63, 3.8) is 0 Å². The van der Waals surface area contributed by atoms with Crippen LogP contribution in [0.15, 0.2) is 54.6 Å². The minimum atomic E-state index is -0.228. The first-order valence-electron chi connectivity index (χ1n) is 7.62. The van der Waals surface area contributed by atoms with Crippen LogP contribution in [0.2, 0.25) is 0 Å². The molecule has 1 saturated carbocycles. The Morgan fingerprint density at radius 3 is 2.35 bits per heavy atom. The molecule has 0 spiro atoms. The largest absolute Gasteiger partial charge is 0.334 e. The molecule has 5 heteroatoms. The molecule has 2 atom stereocenters. The summed E-state index contributed by atoms with van der Waals surface area (Å²) in [5, 5.41) is 8.46. The number of benzene rings is 2. The highest BCUT2D eigenvalue weighted by atomic mass is 16.2. The molecule has 1 aliphatic carbocycles. The minimum Gasteiger partial charge on any atom is -0.334 e. The van der Waals surface area contributed by atoms with E-state index < -0.39 is 0 Å². The van der Waals surface area contributed by atoms with Gasteiger partial charge in [0.05, 0.1) is 0 Å². The highest BCUT2D eigenvalue weighted by molar-refractivity contribution is 5.92. The van der Waals surface area contributed by atoms with Gasteiger partial charge in [-0.15, -0.1) is 0 Å². The average molecular weight is 309 g/mol. The van der Waals surface area contributed by atoms with Gasteiger partial charge >= 0.3 is 6.03 Å². The van der Waals surface area contributed by atoms with Crippen LogP contribution < -0.4 is 16.0 Å². The molecule has 2 aromatic carbocycles. The van der Waals surface area contributed by atoms with Gasteiger partial charge in [-0.05, 0) is 30.2 Å². The standard InChI is InChI=1S/C18H19N3O2/c1-12(22)19-14-8-5-9-15(10-14)20-18(23)21-17-11-16(17)13-6-3-2-4-7-13/h2-10,16-17H,11H2,1H3,(H,19,22)(H2,20,21,23). The molecular formula is C18H19N3O2. The van der Waals surface area contributed by atoms with Gasteiger partial charge in [0.25, 0.3) is 0 Å². The number of urea groups is 1. The van der Waals surface area contributed by atoms with E-state index in [0.29, 0.717) is 17.3 Å². The van der Waals surface area contributed by atoms with Crippen LogP contribution in [0.3, 0.4) is 0 Å². The van der Waals surface area contributed by atoms with Crippen molar-refractivity contribution in [2.45, 2.75) is 25.3 Å². The van der Waals surface area contributed by atoms with Crippen molar-refractivity contribution in [1.82, 2.24) is 5.32 Å². The lowest BCUT2D eigenvalue weighted by Gasteiger charge is -2.09. The van der Waals surface area contributed by atoms with Gasteiger partial charge in [-0.25, -0.2) is 4.79 Å². The predicted molar refractivity (Wildman–Crippen MR) is 90.5 cm³/mol. The van der Waals surface area contributed by atoms with Crippen LogP contribution in [-0.2, 0) is 4.79 Å². The summed E-state index contributed by atoms with van der Waals surface area (Å²) in [5.74, 6) is 0.253. The van der Waals surface area contributed by atoms with Crippen molar-refractivity contribution < 1.29 is 9.59 Å². The number of hydrogen-bond donors (Lipinski definition) is 3. The maximum Gasteiger partial charge on any atom is 0.319 e. The molecule has 3 N–H and O–H groups in total. The maximum atomic E-state index is 12.1. The Hall–Kier alpha value is -2.82. The van der Waals surface area contributed by atoms with Crippen LogP contribution in [0.5, 0.6) is 0 Å². The molecule has 0 heterocycles. The molecule has 0 radical (unpaired) electrons. The fourth-order valence-electron chi connectivity index (χ4n) is 2.64. The second kappa shape index (κ2) is 6.52. The molecule has 0 saturated heterocycles. The third-order valence-electron chi connectivity index (χ3n) is 3.78. The van der Waals surface area contributed by atoms with Crippen LogP contribution in [0.4, 0.5) is 16.2 Å². The van der Waals surface area contributed by atoms with Gasteiger partial charge < -0.3 is 16.0 Å². The minimum absolute atomic E-state index is 0.143. The van der Waals surface area contributed by atoms with Gasteiger partial charge in [-0.1, -0.05) is 36.4 Å². The van der Waals surface area contributed by atoms with Gasteiger partial charge in [0.15, 0.2) is 0 Å². The number of nitrogens with one attached hydrogen (secondary N) is 3. The fraction of sp³-hybridized carbons (Fsp3) is 0.222. The molecule has 118 valence electrons. The number of carbonyl (C=O) groups is 2. The van der Waals surface area contributed by atoms with Crippen molar-refractivity contribution >= 4 is 23.3 Å². The third kappa shape index (κ3) is 4.10. The van der Waals surface area contributed by atoms with E-state index in [1.54, 1.807) is 24.3 Å². The van der Waals surface area contributed by atoms with Crippen LogP contribution in [-0.4, -0.2) is 18.0 Å². The van der Waals surface area contributed by atoms with Gasteiger partial charge in [-0.2, -0.15) is 0 Å². The highest BCUT2D eigenvalue weighted by Gasteiger charge is 2.39. The molecule has 0 bridgehead atoms. The lowest BCUT2D eigenvalue weighted by Crippen LogP contribution is -2.31. The molecule has 1 aliphatic rings. The Balaban J connectivity index is 1.53. The highest BCUT2D eigenvalue weighted by Crippen LogP contribution is 2.40. The number of anilines is 2. The SMILES string of the molecule is CC(=O)Nc1cccc(NC(=O)NC2CC2c2ccccc2)c1. The Kier molecular flexibility index (Phi) is 4.28. The van der Waals surface area contributed by atoms with E-state index >= 15 is 0 Å². The summed E-state index contributed by atoms with van der Waals surface area (Å²) in [5.41, 5.74) is 2.56. The molecule has 23 heavy (non-hydrogen) atoms. The van der Waals surface area contributed by atoms with Crippen LogP contribution >= 0.6 is 0 Å². The second-order valence-electron chi connectivity index (χ2n) is 5.72. The number of rotatable bonds is 4. The lowest BCUT2D eigenvalue weighted by molar-refractivity contribution is -0.114. The number of hydrogen-bond acceptors (Lipinski definition) is 2. The van der Waals surface area contributed by atoms with Crippen molar-refractivity contribution in [2.75, 3.05) is 10.6 Å². The summed E-state index contributed by atoms with van der Waals surface area (Å²) >= 11 is 0. The zero-order chi connectivity index (χ0) is 16.2. The number of amides is 3. The van der Waals surface area contributed by atoms with E-state index in [9.17, 15) is 9.59 Å².